The van der Waals surface area contributed by atoms with Gasteiger partial charge in [-0.25, -0.2) is 19.2 Å². The van der Waals surface area contributed by atoms with E-state index < -0.39 is 17.7 Å². The molecule has 0 spiro atoms. The smallest absolute Gasteiger partial charge is 0.328 e. The monoisotopic (exact) mass is 536 g/mol. The number of rotatable bonds is 8. The van der Waals surface area contributed by atoms with E-state index in [0.29, 0.717) is 49.3 Å². The molecule has 6 rings (SSSR count). The average molecular weight is 537 g/mol. The number of urea groups is 1. The number of carbonyl (C=O) groups is 3. The Kier molecular flexibility index (Phi) is 7.16. The second-order valence-electron chi connectivity index (χ2n) is 10.0. The molecule has 2 aromatic heterocycles. The van der Waals surface area contributed by atoms with Crippen LogP contribution in [0, 0.1) is 11.3 Å². The molecule has 2 bridgehead atoms. The van der Waals surface area contributed by atoms with Crippen molar-refractivity contribution in [2.45, 2.75) is 31.1 Å². The van der Waals surface area contributed by atoms with Crippen LogP contribution in [0.2, 0.25) is 0 Å². The Hall–Kier alpha value is -4.15. The maximum Gasteiger partial charge on any atom is 0.328 e. The second kappa shape index (κ2) is 10.5. The molecule has 0 aromatic carbocycles. The topological polar surface area (TPSA) is 144 Å². The molecule has 0 unspecified atom stereocenters. The molecule has 1 aliphatic carbocycles. The number of ether oxygens (including phenoxy) is 1. The Morgan fingerprint density at radius 1 is 1.36 bits per heavy atom. The lowest BCUT2D eigenvalue weighted by Gasteiger charge is -2.52. The second-order valence-corrected chi connectivity index (χ2v) is 10.0. The Balaban J connectivity index is 1.41. The van der Waals surface area contributed by atoms with E-state index in [1.54, 1.807) is 18.1 Å². The molecule has 2 N–H and O–H groups in total. The van der Waals surface area contributed by atoms with Gasteiger partial charge in [0.2, 0.25) is 5.91 Å². The highest BCUT2D eigenvalue weighted by Crippen LogP contribution is 2.55. The maximum absolute atomic E-state index is 15.8. The number of aldehydes is 1. The van der Waals surface area contributed by atoms with Crippen LogP contribution in [0.1, 0.15) is 40.0 Å². The van der Waals surface area contributed by atoms with Gasteiger partial charge >= 0.3 is 6.03 Å². The number of carbonyl (C=O) groups excluding carboxylic acids is 3. The molecular formula is C26H29FN8O4. The summed E-state index contributed by atoms with van der Waals surface area (Å²) in [5.74, 6) is 0.196. The average Bonchev–Trinajstić information content (AvgIpc) is 2.89. The molecule has 1 saturated heterocycles. The van der Waals surface area contributed by atoms with Gasteiger partial charge in [0.25, 0.3) is 0 Å². The first-order chi connectivity index (χ1) is 18.8. The van der Waals surface area contributed by atoms with Crippen molar-refractivity contribution in [3.8, 4) is 6.07 Å². The van der Waals surface area contributed by atoms with Gasteiger partial charge in [0, 0.05) is 75.6 Å². The van der Waals surface area contributed by atoms with Crippen LogP contribution in [0.25, 0.3) is 0 Å². The van der Waals surface area contributed by atoms with Crippen molar-refractivity contribution in [1.82, 2.24) is 19.8 Å². The fourth-order valence-corrected chi connectivity index (χ4v) is 5.24. The zero-order valence-corrected chi connectivity index (χ0v) is 21.7. The molecule has 2 fully saturated rings. The molecule has 39 heavy (non-hydrogen) atoms. The minimum absolute atomic E-state index is 0.0595. The molecule has 204 valence electrons. The summed E-state index contributed by atoms with van der Waals surface area (Å²) in [7, 11) is 3.42. The number of nitrogens with one attached hydrogen (secondary N) is 2. The predicted octanol–water partition coefficient (Wildman–Crippen LogP) is 1.87. The Bertz CT molecular complexity index is 1360. The van der Waals surface area contributed by atoms with Crippen molar-refractivity contribution < 1.29 is 23.5 Å². The van der Waals surface area contributed by atoms with Gasteiger partial charge in [0.05, 0.1) is 24.4 Å². The fourth-order valence-electron chi connectivity index (χ4n) is 5.24. The number of nitrogens with zero attached hydrogens (tertiary/aromatic N) is 6. The number of hydrogen-bond donors (Lipinski definition) is 2. The lowest BCUT2D eigenvalue weighted by atomic mass is 9.68. The Labute approximate surface area is 224 Å². The number of anilines is 3. The molecule has 3 amide bonds. The molecular weight excluding hydrogens is 507 g/mol. The minimum Gasteiger partial charge on any atom is -0.383 e. The normalized spacial score (nSPS) is 22.0. The first-order valence-corrected chi connectivity index (χ1v) is 12.6. The summed E-state index contributed by atoms with van der Waals surface area (Å²) in [5.41, 5.74) is -0.129. The number of alkyl halides is 1. The summed E-state index contributed by atoms with van der Waals surface area (Å²) >= 11 is 0. The summed E-state index contributed by atoms with van der Waals surface area (Å²) in [6, 6.07) is 4.15. The standard InChI is InChI=1S/C26H29FN8O4/c1-33-4-5-34(23(37)14-33)13-16-7-19-24(31-21(16)15-36)35(18-9-26(19,27)10-18)25(38)32-22-8-20(29-3-6-39-2)17(11-28)12-30-22/h7-8,12,15,18H,3-6,9-10,13-14H2,1-2H3,(H2,29,30,32,38). The molecule has 1 saturated carbocycles. The molecule has 4 aliphatic rings. The lowest BCUT2D eigenvalue weighted by Crippen LogP contribution is -2.60. The van der Waals surface area contributed by atoms with E-state index in [9.17, 15) is 19.6 Å². The van der Waals surface area contributed by atoms with E-state index in [1.807, 2.05) is 18.0 Å². The molecule has 12 nitrogen and oxygen atoms in total. The van der Waals surface area contributed by atoms with Crippen LogP contribution >= 0.6 is 0 Å². The minimum atomic E-state index is -1.66. The third kappa shape index (κ3) is 5.00. The summed E-state index contributed by atoms with van der Waals surface area (Å²) in [6.45, 7) is 2.45. The van der Waals surface area contributed by atoms with Crippen molar-refractivity contribution in [1.29, 1.82) is 5.26 Å². The number of amides is 3. The van der Waals surface area contributed by atoms with Gasteiger partial charge < -0.3 is 15.0 Å². The number of methoxy groups -OCH3 is 1. The van der Waals surface area contributed by atoms with E-state index in [4.69, 9.17) is 4.74 Å². The quantitative estimate of drug-likeness (QED) is 0.382. The molecule has 3 aliphatic heterocycles. The number of pyridine rings is 2. The van der Waals surface area contributed by atoms with Crippen molar-refractivity contribution in [3.05, 3.63) is 40.7 Å². The fraction of sp³-hybridized carbons (Fsp3) is 0.462. The number of nitriles is 1. The van der Waals surface area contributed by atoms with E-state index in [-0.39, 0.29) is 54.7 Å². The maximum atomic E-state index is 15.8. The van der Waals surface area contributed by atoms with E-state index in [0.717, 1.165) is 0 Å². The van der Waals surface area contributed by atoms with Crippen LogP contribution in [0.5, 0.6) is 0 Å². The Morgan fingerprint density at radius 2 is 2.15 bits per heavy atom. The highest BCUT2D eigenvalue weighted by molar-refractivity contribution is 6.03. The Morgan fingerprint density at radius 3 is 2.85 bits per heavy atom. The van der Waals surface area contributed by atoms with Crippen molar-refractivity contribution >= 4 is 35.5 Å². The van der Waals surface area contributed by atoms with Crippen LogP contribution in [0.4, 0.5) is 26.5 Å². The van der Waals surface area contributed by atoms with Gasteiger partial charge in [-0.2, -0.15) is 5.26 Å². The number of halogens is 1. The molecule has 0 radical (unpaired) electrons. The zero-order chi connectivity index (χ0) is 27.7. The van der Waals surface area contributed by atoms with Gasteiger partial charge in [0.15, 0.2) is 6.29 Å². The highest BCUT2D eigenvalue weighted by atomic mass is 19.1. The van der Waals surface area contributed by atoms with E-state index in [2.05, 4.69) is 20.6 Å². The summed E-state index contributed by atoms with van der Waals surface area (Å²) in [4.78, 5) is 51.4. The summed E-state index contributed by atoms with van der Waals surface area (Å²) in [6.07, 6.45) is 2.12. The molecule has 2 aromatic rings. The van der Waals surface area contributed by atoms with Crippen LogP contribution in [0.3, 0.4) is 0 Å². The van der Waals surface area contributed by atoms with Gasteiger partial charge in [-0.3, -0.25) is 24.7 Å². The van der Waals surface area contributed by atoms with Gasteiger partial charge in [-0.05, 0) is 13.1 Å². The summed E-state index contributed by atoms with van der Waals surface area (Å²) < 4.78 is 20.8. The van der Waals surface area contributed by atoms with E-state index >= 15 is 4.39 Å². The number of likely N-dealkylation sites (N-methyl/N-ethyl adjacent to an activating group) is 1. The van der Waals surface area contributed by atoms with E-state index in [1.165, 1.54) is 17.2 Å². The molecule has 13 heteroatoms. The largest absolute Gasteiger partial charge is 0.383 e. The SMILES string of the molecule is COCCNc1cc(NC(=O)N2c3nc(C=O)c(CN4CCN(C)CC4=O)cc3C3(F)CC2C3)ncc1C#N. The molecule has 5 heterocycles. The number of hydrogen-bond acceptors (Lipinski definition) is 9. The van der Waals surface area contributed by atoms with Crippen LogP contribution in [-0.4, -0.2) is 91.0 Å². The predicted molar refractivity (Wildman–Crippen MR) is 139 cm³/mol. The van der Waals surface area contributed by atoms with Crippen molar-refractivity contribution in [2.24, 2.45) is 0 Å². The molecule has 0 atom stereocenters. The van der Waals surface area contributed by atoms with Crippen LogP contribution in [-0.2, 0) is 21.7 Å². The van der Waals surface area contributed by atoms with Gasteiger partial charge in [-0.1, -0.05) is 0 Å². The van der Waals surface area contributed by atoms with Crippen LogP contribution < -0.4 is 15.5 Å². The van der Waals surface area contributed by atoms with Gasteiger partial charge in [-0.15, -0.1) is 0 Å². The van der Waals surface area contributed by atoms with Gasteiger partial charge in [0.1, 0.15) is 29.1 Å². The van der Waals surface area contributed by atoms with Crippen LogP contribution in [0.15, 0.2) is 18.3 Å². The summed E-state index contributed by atoms with van der Waals surface area (Å²) in [5, 5.41) is 15.2. The number of aromatic nitrogens is 2. The van der Waals surface area contributed by atoms with Crippen molar-refractivity contribution in [2.75, 3.05) is 62.5 Å². The third-order valence-corrected chi connectivity index (χ3v) is 7.39. The lowest BCUT2D eigenvalue weighted by molar-refractivity contribution is -0.136. The first-order valence-electron chi connectivity index (χ1n) is 12.6. The number of piperazine rings is 1. The van der Waals surface area contributed by atoms with Crippen molar-refractivity contribution in [3.63, 3.8) is 0 Å². The third-order valence-electron chi connectivity index (χ3n) is 7.39. The zero-order valence-electron chi connectivity index (χ0n) is 21.7. The highest BCUT2D eigenvalue weighted by Gasteiger charge is 2.57. The first kappa shape index (κ1) is 26.5.